The summed E-state index contributed by atoms with van der Waals surface area (Å²) in [5, 5.41) is 9.79. The molecule has 1 aromatic carbocycles. The molecule has 1 fully saturated rings. The van der Waals surface area contributed by atoms with E-state index in [4.69, 9.17) is 0 Å². The Bertz CT molecular complexity index is 548. The third kappa shape index (κ3) is 3.15. The van der Waals surface area contributed by atoms with Gasteiger partial charge in [-0.1, -0.05) is 0 Å². The molecule has 1 aliphatic carbocycles. The van der Waals surface area contributed by atoms with E-state index in [0.29, 0.717) is 0 Å². The quantitative estimate of drug-likeness (QED) is 0.752. The molecule has 122 valence electrons. The van der Waals surface area contributed by atoms with Crippen molar-refractivity contribution in [2.45, 2.75) is 65.9 Å². The van der Waals surface area contributed by atoms with Gasteiger partial charge in [-0.15, -0.1) is 0 Å². The van der Waals surface area contributed by atoms with Crippen LogP contribution < -0.4 is 3.58 Å². The van der Waals surface area contributed by atoms with Crippen molar-refractivity contribution in [3.8, 4) is 0 Å². The topological polar surface area (TPSA) is 40.5 Å². The Kier molecular flexibility index (Phi) is 4.60. The van der Waals surface area contributed by atoms with Crippen LogP contribution in [0.3, 0.4) is 0 Å². The van der Waals surface area contributed by atoms with Gasteiger partial charge < -0.3 is 0 Å². The van der Waals surface area contributed by atoms with E-state index in [1.165, 1.54) is 3.58 Å². The van der Waals surface area contributed by atoms with Crippen LogP contribution in [0.15, 0.2) is 24.3 Å². The molecule has 3 nitrogen and oxygen atoms in total. The number of rotatable bonds is 3. The van der Waals surface area contributed by atoms with Gasteiger partial charge in [0.05, 0.1) is 0 Å². The predicted octanol–water partition coefficient (Wildman–Crippen LogP) is 4.39. The van der Waals surface area contributed by atoms with E-state index < -0.39 is 30.0 Å². The first-order valence-electron chi connectivity index (χ1n) is 8.13. The fourth-order valence-corrected chi connectivity index (χ4v) is 6.88. The molecule has 0 aromatic heterocycles. The van der Waals surface area contributed by atoms with E-state index in [1.54, 1.807) is 4.90 Å². The van der Waals surface area contributed by atoms with E-state index in [1.807, 2.05) is 20.8 Å². The van der Waals surface area contributed by atoms with E-state index in [9.17, 15) is 9.90 Å². The Labute approximate surface area is 138 Å². The third-order valence-corrected chi connectivity index (χ3v) is 10.7. The van der Waals surface area contributed by atoms with Crippen molar-refractivity contribution >= 4 is 28.0 Å². The molecule has 2 rings (SSSR count). The molecule has 4 heteroatoms. The van der Waals surface area contributed by atoms with Gasteiger partial charge in [0.25, 0.3) is 0 Å². The zero-order valence-corrected chi connectivity index (χ0v) is 17.6. The van der Waals surface area contributed by atoms with Crippen LogP contribution in [0.4, 0.5) is 4.79 Å². The maximum absolute atomic E-state index is 11.9. The summed E-state index contributed by atoms with van der Waals surface area (Å²) >= 11 is -2.06. The first kappa shape index (κ1) is 17.6. The molecule has 0 radical (unpaired) electrons. The molecule has 0 atom stereocenters. The van der Waals surface area contributed by atoms with Crippen LogP contribution >= 0.6 is 0 Å². The molecule has 0 bridgehead atoms. The van der Waals surface area contributed by atoms with Crippen molar-refractivity contribution < 1.29 is 9.90 Å². The van der Waals surface area contributed by atoms with Gasteiger partial charge in [-0.2, -0.15) is 0 Å². The number of amides is 1. The summed E-state index contributed by atoms with van der Waals surface area (Å²) in [6, 6.07) is 8.85. The van der Waals surface area contributed by atoms with Crippen LogP contribution in [-0.2, 0) is 5.54 Å². The molecule has 1 aliphatic rings. The molecular formula is C18H29NO2Sn. The summed E-state index contributed by atoms with van der Waals surface area (Å²) < 4.78 is 1.49. The molecular weight excluding hydrogens is 381 g/mol. The first-order chi connectivity index (χ1) is 9.98. The Morgan fingerprint density at radius 1 is 1.14 bits per heavy atom. The van der Waals surface area contributed by atoms with E-state index in [2.05, 4.69) is 39.1 Å². The van der Waals surface area contributed by atoms with Crippen molar-refractivity contribution in [3.05, 3.63) is 29.8 Å². The Balaban J connectivity index is 2.44. The fraction of sp³-hybridized carbons (Fsp3) is 0.611. The zero-order chi connectivity index (χ0) is 16.8. The number of hydrogen-bond donors (Lipinski definition) is 1. The summed E-state index contributed by atoms with van der Waals surface area (Å²) in [5.74, 6) is 0. The number of benzene rings is 1. The van der Waals surface area contributed by atoms with Gasteiger partial charge in [0.15, 0.2) is 0 Å². The van der Waals surface area contributed by atoms with Crippen LogP contribution in [0, 0.1) is 0 Å². The Hall–Kier alpha value is -0.711. The summed E-state index contributed by atoms with van der Waals surface area (Å²) in [6.45, 7) is 5.96. The van der Waals surface area contributed by atoms with Crippen molar-refractivity contribution in [1.29, 1.82) is 0 Å². The summed E-state index contributed by atoms with van der Waals surface area (Å²) in [4.78, 5) is 20.8. The molecule has 0 heterocycles. The molecule has 0 aliphatic heterocycles. The normalized spacial score (nSPS) is 17.7. The average molecular weight is 410 g/mol. The van der Waals surface area contributed by atoms with Crippen LogP contribution in [0.1, 0.15) is 45.6 Å². The summed E-state index contributed by atoms with van der Waals surface area (Å²) in [7, 11) is 0. The maximum atomic E-state index is 11.9. The standard InChI is InChI=1S/C15H20NO2.3CH3.Sn/c1-14(2,3)16(13(17)18)15(10-7-11-15)12-8-5-4-6-9-12;;;;/h5-6,8-9H,7,10-11H2,1-3H3,(H,17,18);3*1H3;. The van der Waals surface area contributed by atoms with Crippen LogP contribution in [0.25, 0.3) is 0 Å². The molecule has 0 spiro atoms. The second kappa shape index (κ2) is 5.73. The van der Waals surface area contributed by atoms with E-state index in [-0.39, 0.29) is 5.54 Å². The summed E-state index contributed by atoms with van der Waals surface area (Å²) in [6.07, 6.45) is 2.13. The van der Waals surface area contributed by atoms with Crippen LogP contribution in [-0.4, -0.2) is 40.0 Å². The molecule has 22 heavy (non-hydrogen) atoms. The average Bonchev–Trinajstić information content (AvgIpc) is 2.30. The molecule has 1 saturated carbocycles. The minimum atomic E-state index is -2.06. The summed E-state index contributed by atoms with van der Waals surface area (Å²) in [5.41, 5.74) is 0.430. The molecule has 1 aromatic rings. The Morgan fingerprint density at radius 3 is 1.91 bits per heavy atom. The van der Waals surface area contributed by atoms with Gasteiger partial charge in [0.2, 0.25) is 0 Å². The number of nitrogens with zero attached hydrogens (tertiary/aromatic N) is 1. The third-order valence-electron chi connectivity index (χ3n) is 4.76. The minimum absolute atomic E-state index is 0.337. The van der Waals surface area contributed by atoms with Crippen LogP contribution in [0.5, 0.6) is 0 Å². The first-order valence-corrected chi connectivity index (χ1v) is 18.1. The second-order valence-electron chi connectivity index (χ2n) is 8.50. The zero-order valence-electron chi connectivity index (χ0n) is 14.7. The van der Waals surface area contributed by atoms with E-state index in [0.717, 1.165) is 24.8 Å². The van der Waals surface area contributed by atoms with Gasteiger partial charge in [0.1, 0.15) is 0 Å². The monoisotopic (exact) mass is 411 g/mol. The number of hydrogen-bond acceptors (Lipinski definition) is 1. The van der Waals surface area contributed by atoms with Gasteiger partial charge in [-0.3, -0.25) is 0 Å². The molecule has 1 N–H and O–H groups in total. The molecule has 1 amide bonds. The van der Waals surface area contributed by atoms with E-state index >= 15 is 0 Å². The van der Waals surface area contributed by atoms with Crippen molar-refractivity contribution in [2.75, 3.05) is 0 Å². The van der Waals surface area contributed by atoms with Gasteiger partial charge in [-0.05, 0) is 0 Å². The van der Waals surface area contributed by atoms with Gasteiger partial charge in [0, 0.05) is 0 Å². The van der Waals surface area contributed by atoms with Crippen molar-refractivity contribution in [2.24, 2.45) is 0 Å². The predicted molar refractivity (Wildman–Crippen MR) is 94.6 cm³/mol. The van der Waals surface area contributed by atoms with Gasteiger partial charge >= 0.3 is 139 Å². The molecule has 0 saturated heterocycles. The van der Waals surface area contributed by atoms with Crippen LogP contribution in [0.2, 0.25) is 14.8 Å². The van der Waals surface area contributed by atoms with Crippen molar-refractivity contribution in [1.82, 2.24) is 4.90 Å². The number of carbonyl (C=O) groups is 1. The SMILES string of the molecule is CC(C)(C)N(C(=O)O)C1(c2cc[c]([Sn]([CH3])([CH3])[CH3])cc2)CCC1. The van der Waals surface area contributed by atoms with Gasteiger partial charge in [-0.25, -0.2) is 0 Å². The molecule has 0 unspecified atom stereocenters. The second-order valence-corrected chi connectivity index (χ2v) is 23.0. The van der Waals surface area contributed by atoms with Crippen molar-refractivity contribution in [3.63, 3.8) is 0 Å². The fourth-order valence-electron chi connectivity index (χ4n) is 3.55. The number of carboxylic acid groups (broad SMARTS) is 1. The Morgan fingerprint density at radius 2 is 1.64 bits per heavy atom.